The van der Waals surface area contributed by atoms with Crippen molar-refractivity contribution in [3.8, 4) is 0 Å². The van der Waals surface area contributed by atoms with E-state index in [1.54, 1.807) is 18.2 Å². The first kappa shape index (κ1) is 16.7. The minimum absolute atomic E-state index is 0.0881. The van der Waals surface area contributed by atoms with Crippen LogP contribution in [-0.4, -0.2) is 30.6 Å². The summed E-state index contributed by atoms with van der Waals surface area (Å²) >= 11 is 0.804. The lowest BCUT2D eigenvalue weighted by Crippen LogP contribution is -2.35. The number of para-hydroxylation sites is 1. The van der Waals surface area contributed by atoms with Crippen LogP contribution in [-0.2, 0) is 16.4 Å². The molecule has 0 bridgehead atoms. The highest BCUT2D eigenvalue weighted by atomic mass is 32.2. The molecule has 0 saturated heterocycles. The summed E-state index contributed by atoms with van der Waals surface area (Å²) in [6.45, 7) is 1.85. The van der Waals surface area contributed by atoms with Gasteiger partial charge in [-0.3, -0.25) is 14.4 Å². The number of hydrogen-bond donors (Lipinski definition) is 1. The van der Waals surface area contributed by atoms with Gasteiger partial charge in [-0.15, -0.1) is 10.2 Å². The minimum Gasteiger partial charge on any atom is -0.459 e. The molecule has 26 heavy (non-hydrogen) atoms. The van der Waals surface area contributed by atoms with Crippen LogP contribution in [0.25, 0.3) is 0 Å². The maximum atomic E-state index is 13.0. The van der Waals surface area contributed by atoms with Gasteiger partial charge in [-0.2, -0.15) is 8.42 Å². The van der Waals surface area contributed by atoms with Crippen LogP contribution in [0.4, 0.5) is 10.8 Å². The average molecular weight is 390 g/mol. The van der Waals surface area contributed by atoms with E-state index in [1.807, 2.05) is 19.1 Å². The van der Waals surface area contributed by atoms with Gasteiger partial charge in [0.2, 0.25) is 5.13 Å². The lowest BCUT2D eigenvalue weighted by molar-refractivity contribution is 0.0996. The number of hydrogen-bond acceptors (Lipinski definition) is 7. The highest BCUT2D eigenvalue weighted by Crippen LogP contribution is 2.37. The van der Waals surface area contributed by atoms with Gasteiger partial charge in [0.15, 0.2) is 5.76 Å². The number of amides is 1. The number of anilines is 2. The molecule has 0 spiro atoms. The number of rotatable bonds is 4. The zero-order chi connectivity index (χ0) is 18.3. The van der Waals surface area contributed by atoms with Crippen molar-refractivity contribution in [3.05, 3.63) is 54.0 Å². The number of carbonyl (C=O) groups excluding carboxylic acids is 1. The number of nitrogens with zero attached hydrogens (tertiary/aromatic N) is 3. The highest BCUT2D eigenvalue weighted by molar-refractivity contribution is 7.94. The molecule has 3 heterocycles. The lowest BCUT2D eigenvalue weighted by Gasteiger charge is -2.22. The summed E-state index contributed by atoms with van der Waals surface area (Å²) in [6, 6.07) is 10.2. The van der Waals surface area contributed by atoms with E-state index < -0.39 is 15.9 Å². The molecule has 0 radical (unpaired) electrons. The van der Waals surface area contributed by atoms with Crippen LogP contribution in [0.3, 0.4) is 0 Å². The quantitative estimate of drug-likeness (QED) is 0.686. The van der Waals surface area contributed by atoms with Crippen molar-refractivity contribution >= 4 is 38.1 Å². The predicted molar refractivity (Wildman–Crippen MR) is 95.8 cm³/mol. The van der Waals surface area contributed by atoms with Crippen LogP contribution in [0.2, 0.25) is 0 Å². The van der Waals surface area contributed by atoms with Gasteiger partial charge in [-0.05, 0) is 37.1 Å². The summed E-state index contributed by atoms with van der Waals surface area (Å²) in [5.41, 5.74) is 1.62. The number of sulfonamides is 1. The molecular weight excluding hydrogens is 376 g/mol. The third kappa shape index (κ3) is 2.76. The fourth-order valence-electron chi connectivity index (χ4n) is 2.92. The topological polar surface area (TPSA) is 105 Å². The van der Waals surface area contributed by atoms with Crippen LogP contribution in [0.1, 0.15) is 23.0 Å². The highest BCUT2D eigenvalue weighted by Gasteiger charge is 2.38. The molecule has 1 amide bonds. The summed E-state index contributed by atoms with van der Waals surface area (Å²) in [6.07, 6.45) is 2.01. The van der Waals surface area contributed by atoms with Crippen molar-refractivity contribution in [1.29, 1.82) is 0 Å². The zero-order valence-electron chi connectivity index (χ0n) is 13.6. The second kappa shape index (κ2) is 6.22. The summed E-state index contributed by atoms with van der Waals surface area (Å²) in [4.78, 5) is 12.0. The van der Waals surface area contributed by atoms with Crippen LogP contribution in [0.15, 0.2) is 51.4 Å². The Balaban J connectivity index is 1.62. The molecule has 2 aromatic heterocycles. The average Bonchev–Trinajstić information content (AvgIpc) is 3.33. The Morgan fingerprint density at radius 2 is 2.08 bits per heavy atom. The molecular formula is C16H14N4O4S2. The van der Waals surface area contributed by atoms with Crippen LogP contribution < -0.4 is 9.62 Å². The van der Waals surface area contributed by atoms with Crippen LogP contribution >= 0.6 is 11.3 Å². The summed E-state index contributed by atoms with van der Waals surface area (Å²) in [5.74, 6) is -0.415. The molecule has 1 atom stereocenters. The Hall–Kier alpha value is -2.72. The van der Waals surface area contributed by atoms with Gasteiger partial charge in [-0.1, -0.05) is 29.5 Å². The Labute approximate surface area is 153 Å². The zero-order valence-corrected chi connectivity index (χ0v) is 15.3. The fraction of sp³-hybridized carbons (Fsp3) is 0.188. The smallest absolute Gasteiger partial charge is 0.293 e. The van der Waals surface area contributed by atoms with Crippen molar-refractivity contribution in [2.75, 3.05) is 9.62 Å². The normalized spacial score (nSPS) is 16.5. The van der Waals surface area contributed by atoms with Crippen molar-refractivity contribution in [2.45, 2.75) is 23.7 Å². The summed E-state index contributed by atoms with van der Waals surface area (Å²) in [5, 5.41) is 10.1. The Morgan fingerprint density at radius 1 is 1.27 bits per heavy atom. The van der Waals surface area contributed by atoms with E-state index in [0.29, 0.717) is 12.1 Å². The fourth-order valence-corrected chi connectivity index (χ4v) is 5.59. The maximum absolute atomic E-state index is 13.0. The molecule has 10 heteroatoms. The molecule has 0 saturated carbocycles. The first-order valence-electron chi connectivity index (χ1n) is 7.77. The monoisotopic (exact) mass is 390 g/mol. The van der Waals surface area contributed by atoms with Gasteiger partial charge in [0.1, 0.15) is 0 Å². The lowest BCUT2D eigenvalue weighted by atomic mass is 10.1. The van der Waals surface area contributed by atoms with Crippen LogP contribution in [0.5, 0.6) is 0 Å². The second-order valence-electron chi connectivity index (χ2n) is 5.79. The van der Waals surface area contributed by atoms with Gasteiger partial charge in [-0.25, -0.2) is 0 Å². The third-order valence-corrected chi connectivity index (χ3v) is 7.11. The van der Waals surface area contributed by atoms with E-state index >= 15 is 0 Å². The SMILES string of the molecule is C[C@@H]1Cc2ccccc2N1S(=O)(=O)c1nnc(NC(=O)c2ccco2)s1. The standard InChI is InChI=1S/C16H14N4O4S2/c1-10-9-11-5-2-3-6-12(11)20(10)26(22,23)16-19-18-15(25-16)17-14(21)13-7-4-8-24-13/h2-8,10H,9H2,1H3,(H,17,18,21)/t10-/m1/s1. The summed E-state index contributed by atoms with van der Waals surface area (Å²) in [7, 11) is -3.87. The van der Waals surface area contributed by atoms with Crippen molar-refractivity contribution in [3.63, 3.8) is 0 Å². The van der Waals surface area contributed by atoms with Gasteiger partial charge in [0.05, 0.1) is 12.0 Å². The number of nitrogens with one attached hydrogen (secondary N) is 1. The molecule has 1 aliphatic rings. The van der Waals surface area contributed by atoms with Gasteiger partial charge in [0, 0.05) is 6.04 Å². The largest absolute Gasteiger partial charge is 0.459 e. The van der Waals surface area contributed by atoms with Gasteiger partial charge >= 0.3 is 0 Å². The Bertz CT molecular complexity index is 1060. The van der Waals surface area contributed by atoms with Crippen molar-refractivity contribution < 1.29 is 17.6 Å². The third-order valence-electron chi connectivity index (χ3n) is 4.00. The molecule has 0 fully saturated rings. The minimum atomic E-state index is -3.87. The molecule has 1 aromatic carbocycles. The van der Waals surface area contributed by atoms with E-state index in [4.69, 9.17) is 4.42 Å². The number of carbonyl (C=O) groups is 1. The van der Waals surface area contributed by atoms with E-state index in [2.05, 4.69) is 15.5 Å². The molecule has 1 N–H and O–H groups in total. The molecule has 1 aliphatic heterocycles. The number of furan rings is 1. The molecule has 4 rings (SSSR count). The Morgan fingerprint density at radius 3 is 2.85 bits per heavy atom. The van der Waals surface area contributed by atoms with Gasteiger partial charge < -0.3 is 4.42 Å². The molecule has 8 nitrogen and oxygen atoms in total. The van der Waals surface area contributed by atoms with E-state index in [-0.39, 0.29) is 21.3 Å². The predicted octanol–water partition coefficient (Wildman–Crippen LogP) is 2.52. The van der Waals surface area contributed by atoms with Crippen LogP contribution in [0, 0.1) is 0 Å². The van der Waals surface area contributed by atoms with E-state index in [1.165, 1.54) is 16.6 Å². The molecule has 3 aromatic rings. The summed E-state index contributed by atoms with van der Waals surface area (Å²) < 4.78 is 32.3. The van der Waals surface area contributed by atoms with E-state index in [0.717, 1.165) is 16.9 Å². The number of aromatic nitrogens is 2. The molecule has 0 unspecified atom stereocenters. The second-order valence-corrected chi connectivity index (χ2v) is 8.75. The van der Waals surface area contributed by atoms with Crippen molar-refractivity contribution in [1.82, 2.24) is 10.2 Å². The molecule has 134 valence electrons. The number of fused-ring (bicyclic) bond motifs is 1. The van der Waals surface area contributed by atoms with Gasteiger partial charge in [0.25, 0.3) is 20.3 Å². The first-order chi connectivity index (χ1) is 12.5. The van der Waals surface area contributed by atoms with Crippen molar-refractivity contribution in [2.24, 2.45) is 0 Å². The maximum Gasteiger partial charge on any atom is 0.293 e. The number of benzene rings is 1. The first-order valence-corrected chi connectivity index (χ1v) is 10.0. The molecule has 0 aliphatic carbocycles. The van der Waals surface area contributed by atoms with E-state index in [9.17, 15) is 13.2 Å². The Kier molecular flexibility index (Phi) is 4.00.